The van der Waals surface area contributed by atoms with Crippen LogP contribution in [-0.4, -0.2) is 15.1 Å². The maximum absolute atomic E-state index is 10.9. The first kappa shape index (κ1) is 16.1. The number of aryl methyl sites for hydroxylation is 1. The van der Waals surface area contributed by atoms with Gasteiger partial charge in [-0.25, -0.2) is 4.98 Å². The molecule has 0 fully saturated rings. The normalized spacial score (nSPS) is 12.0. The zero-order valence-corrected chi connectivity index (χ0v) is 14.4. The lowest BCUT2D eigenvalue weighted by Gasteiger charge is -2.22. The van der Waals surface area contributed by atoms with Crippen LogP contribution >= 0.6 is 0 Å². The molecule has 2 heterocycles. The van der Waals surface area contributed by atoms with Crippen molar-refractivity contribution in [2.45, 2.75) is 13.0 Å². The Morgan fingerprint density at radius 1 is 0.885 bits per heavy atom. The number of phenolic OH excluding ortho intramolecular Hbond substituents is 1. The minimum Gasteiger partial charge on any atom is -0.505 e. The van der Waals surface area contributed by atoms with Gasteiger partial charge < -0.3 is 10.4 Å². The van der Waals surface area contributed by atoms with Crippen molar-refractivity contribution in [3.05, 3.63) is 95.8 Å². The first-order valence-electron chi connectivity index (χ1n) is 8.54. The molecule has 0 aliphatic rings. The second-order valence-electron chi connectivity index (χ2n) is 6.23. The maximum Gasteiger partial charge on any atom is 0.147 e. The molecular weight excluding hydrogens is 322 g/mol. The summed E-state index contributed by atoms with van der Waals surface area (Å²) in [5.74, 6) is 0.955. The van der Waals surface area contributed by atoms with E-state index in [1.807, 2.05) is 79.7 Å². The Morgan fingerprint density at radius 3 is 2.54 bits per heavy atom. The van der Waals surface area contributed by atoms with Crippen LogP contribution in [0.3, 0.4) is 0 Å². The summed E-state index contributed by atoms with van der Waals surface area (Å²) in [5, 5.41) is 15.3. The van der Waals surface area contributed by atoms with Crippen LogP contribution in [0.5, 0.6) is 5.75 Å². The third-order valence-corrected chi connectivity index (χ3v) is 4.40. The summed E-state index contributed by atoms with van der Waals surface area (Å²) >= 11 is 0. The number of rotatable bonds is 4. The van der Waals surface area contributed by atoms with Crippen molar-refractivity contribution in [3.63, 3.8) is 0 Å². The van der Waals surface area contributed by atoms with Crippen LogP contribution in [0.1, 0.15) is 22.9 Å². The van der Waals surface area contributed by atoms with Crippen molar-refractivity contribution in [1.29, 1.82) is 0 Å². The van der Waals surface area contributed by atoms with E-state index in [2.05, 4.69) is 15.3 Å². The number of pyridine rings is 2. The highest BCUT2D eigenvalue weighted by Crippen LogP contribution is 2.36. The first-order chi connectivity index (χ1) is 12.7. The van der Waals surface area contributed by atoms with Gasteiger partial charge in [0.05, 0.1) is 6.04 Å². The minimum atomic E-state index is -0.239. The smallest absolute Gasteiger partial charge is 0.147 e. The summed E-state index contributed by atoms with van der Waals surface area (Å²) in [6.07, 6.45) is 1.69. The molecule has 0 bridgehead atoms. The molecule has 26 heavy (non-hydrogen) atoms. The van der Waals surface area contributed by atoms with E-state index in [1.165, 1.54) is 0 Å². The summed E-state index contributed by atoms with van der Waals surface area (Å²) in [7, 11) is 0. The van der Waals surface area contributed by atoms with Crippen LogP contribution in [0, 0.1) is 6.92 Å². The summed E-state index contributed by atoms with van der Waals surface area (Å²) in [5.41, 5.74) is 3.35. The summed E-state index contributed by atoms with van der Waals surface area (Å²) < 4.78 is 0. The Bertz CT molecular complexity index is 1050. The van der Waals surface area contributed by atoms with E-state index in [1.54, 1.807) is 6.20 Å². The second kappa shape index (κ2) is 6.84. The number of phenols is 1. The molecule has 2 N–H and O–H groups in total. The lowest BCUT2D eigenvalue weighted by molar-refractivity contribution is 0.471. The molecule has 0 amide bonds. The number of nitrogens with one attached hydrogen (secondary N) is 1. The molecule has 4 heteroatoms. The van der Waals surface area contributed by atoms with Gasteiger partial charge in [-0.1, -0.05) is 54.6 Å². The Morgan fingerprint density at radius 2 is 1.73 bits per heavy atom. The van der Waals surface area contributed by atoms with Crippen LogP contribution in [0.4, 0.5) is 5.82 Å². The Labute approximate surface area is 152 Å². The van der Waals surface area contributed by atoms with Gasteiger partial charge in [0.25, 0.3) is 0 Å². The fraction of sp³-hybridized carbons (Fsp3) is 0.0909. The third kappa shape index (κ3) is 3.09. The maximum atomic E-state index is 10.9. The summed E-state index contributed by atoms with van der Waals surface area (Å²) in [6, 6.07) is 23.4. The van der Waals surface area contributed by atoms with Crippen LogP contribution in [-0.2, 0) is 0 Å². The number of benzene rings is 2. The van der Waals surface area contributed by atoms with Crippen molar-refractivity contribution in [2.24, 2.45) is 0 Å². The highest BCUT2D eigenvalue weighted by Gasteiger charge is 2.20. The van der Waals surface area contributed by atoms with E-state index in [4.69, 9.17) is 0 Å². The second-order valence-corrected chi connectivity index (χ2v) is 6.23. The molecule has 128 valence electrons. The number of nitrogens with zero attached hydrogens (tertiary/aromatic N) is 2. The van der Waals surface area contributed by atoms with Gasteiger partial charge in [0, 0.05) is 22.8 Å². The molecule has 4 rings (SSSR count). The SMILES string of the molecule is Cc1cccc(NC(c2ccccc2)c2ccc3cccnc3c2O)n1. The van der Waals surface area contributed by atoms with E-state index in [9.17, 15) is 5.11 Å². The molecule has 1 unspecified atom stereocenters. The van der Waals surface area contributed by atoms with Crippen molar-refractivity contribution in [1.82, 2.24) is 9.97 Å². The Balaban J connectivity index is 1.84. The van der Waals surface area contributed by atoms with Gasteiger partial charge in [-0.15, -0.1) is 0 Å². The molecule has 2 aromatic carbocycles. The van der Waals surface area contributed by atoms with Crippen LogP contribution in [0.25, 0.3) is 10.9 Å². The fourth-order valence-electron chi connectivity index (χ4n) is 3.14. The predicted octanol–water partition coefficient (Wildman–Crippen LogP) is 4.85. The molecular formula is C22H19N3O. The minimum absolute atomic E-state index is 0.192. The Kier molecular flexibility index (Phi) is 4.23. The van der Waals surface area contributed by atoms with E-state index in [0.29, 0.717) is 5.52 Å². The highest BCUT2D eigenvalue weighted by atomic mass is 16.3. The van der Waals surface area contributed by atoms with E-state index >= 15 is 0 Å². The molecule has 1 atom stereocenters. The number of aromatic nitrogens is 2. The van der Waals surface area contributed by atoms with Gasteiger partial charge in [-0.3, -0.25) is 4.98 Å². The molecule has 2 aromatic heterocycles. The monoisotopic (exact) mass is 341 g/mol. The third-order valence-electron chi connectivity index (χ3n) is 4.40. The predicted molar refractivity (Wildman–Crippen MR) is 104 cm³/mol. The number of hydrogen-bond acceptors (Lipinski definition) is 4. The van der Waals surface area contributed by atoms with Crippen molar-refractivity contribution in [3.8, 4) is 5.75 Å². The van der Waals surface area contributed by atoms with E-state index in [-0.39, 0.29) is 11.8 Å². The highest BCUT2D eigenvalue weighted by molar-refractivity contribution is 5.86. The van der Waals surface area contributed by atoms with Gasteiger partial charge in [0.15, 0.2) is 0 Å². The molecule has 0 aliphatic carbocycles. The number of aromatic hydroxyl groups is 1. The zero-order chi connectivity index (χ0) is 17.9. The van der Waals surface area contributed by atoms with Gasteiger partial charge in [-0.05, 0) is 30.7 Å². The number of hydrogen-bond donors (Lipinski definition) is 2. The van der Waals surface area contributed by atoms with E-state index in [0.717, 1.165) is 28.0 Å². The molecule has 0 aliphatic heterocycles. The summed E-state index contributed by atoms with van der Waals surface area (Å²) in [4.78, 5) is 8.89. The van der Waals surface area contributed by atoms with Crippen LogP contribution in [0.2, 0.25) is 0 Å². The van der Waals surface area contributed by atoms with Crippen molar-refractivity contribution >= 4 is 16.7 Å². The molecule has 4 aromatic rings. The lowest BCUT2D eigenvalue weighted by Crippen LogP contribution is -2.14. The van der Waals surface area contributed by atoms with Crippen LogP contribution < -0.4 is 5.32 Å². The van der Waals surface area contributed by atoms with E-state index < -0.39 is 0 Å². The average molecular weight is 341 g/mol. The largest absolute Gasteiger partial charge is 0.505 e. The topological polar surface area (TPSA) is 58.0 Å². The molecule has 4 nitrogen and oxygen atoms in total. The van der Waals surface area contributed by atoms with Crippen molar-refractivity contribution < 1.29 is 5.11 Å². The quantitative estimate of drug-likeness (QED) is 0.557. The number of anilines is 1. The number of fused-ring (bicyclic) bond motifs is 1. The van der Waals surface area contributed by atoms with Crippen LogP contribution in [0.15, 0.2) is 79.0 Å². The summed E-state index contributed by atoms with van der Waals surface area (Å²) in [6.45, 7) is 1.96. The standard InChI is InChI=1S/C22H19N3O/c1-15-7-5-11-19(24-15)25-20(16-8-3-2-4-9-16)18-13-12-17-10-6-14-23-21(17)22(18)26/h2-14,20,26H,1H3,(H,24,25). The zero-order valence-electron chi connectivity index (χ0n) is 14.4. The lowest BCUT2D eigenvalue weighted by atomic mass is 9.96. The first-order valence-corrected chi connectivity index (χ1v) is 8.54. The average Bonchev–Trinajstić information content (AvgIpc) is 2.68. The van der Waals surface area contributed by atoms with Crippen molar-refractivity contribution in [2.75, 3.05) is 5.32 Å². The molecule has 0 saturated carbocycles. The van der Waals surface area contributed by atoms with Gasteiger partial charge >= 0.3 is 0 Å². The van der Waals surface area contributed by atoms with Gasteiger partial charge in [-0.2, -0.15) is 0 Å². The molecule has 0 saturated heterocycles. The van der Waals surface area contributed by atoms with Gasteiger partial charge in [0.1, 0.15) is 17.1 Å². The Hall–Kier alpha value is -3.40. The molecule has 0 spiro atoms. The molecule has 0 radical (unpaired) electrons. The fourth-order valence-corrected chi connectivity index (χ4v) is 3.14. The van der Waals surface area contributed by atoms with Gasteiger partial charge in [0.2, 0.25) is 0 Å².